The van der Waals surface area contributed by atoms with Crippen molar-refractivity contribution in [2.75, 3.05) is 0 Å². The molecule has 0 aromatic heterocycles. The average molecular weight is 407 g/mol. The van der Waals surface area contributed by atoms with Gasteiger partial charge in [-0.3, -0.25) is 14.4 Å². The fraction of sp³-hybridized carbons (Fsp3) is 0.421. The molecule has 0 heterocycles. The van der Waals surface area contributed by atoms with Crippen molar-refractivity contribution in [3.8, 4) is 0 Å². The molecule has 10 nitrogen and oxygen atoms in total. The summed E-state index contributed by atoms with van der Waals surface area (Å²) in [5, 5.41) is 13.6. The number of hydrogen-bond donors (Lipinski definition) is 4. The lowest BCUT2D eigenvalue weighted by molar-refractivity contribution is -0.144. The van der Waals surface area contributed by atoms with Crippen molar-refractivity contribution >= 4 is 29.7 Å². The number of nitrogens with one attached hydrogen (secondary N) is 2. The Morgan fingerprint density at radius 2 is 1.66 bits per heavy atom. The van der Waals surface area contributed by atoms with E-state index in [1.807, 2.05) is 6.07 Å². The van der Waals surface area contributed by atoms with E-state index in [1.54, 1.807) is 24.3 Å². The normalized spacial score (nSPS) is 13.4. The fourth-order valence-electron chi connectivity index (χ4n) is 2.31. The Bertz CT molecular complexity index is 751. The molecule has 29 heavy (non-hydrogen) atoms. The van der Waals surface area contributed by atoms with Gasteiger partial charge in [0.1, 0.15) is 12.6 Å². The molecule has 0 saturated heterocycles. The Labute approximate surface area is 167 Å². The maximum Gasteiger partial charge on any atom is 0.408 e. The van der Waals surface area contributed by atoms with Gasteiger partial charge in [0.25, 0.3) is 0 Å². The minimum Gasteiger partial charge on any atom is -0.480 e. The number of primary amides is 1. The van der Waals surface area contributed by atoms with Crippen LogP contribution < -0.4 is 16.4 Å². The second-order valence-electron chi connectivity index (χ2n) is 6.57. The molecule has 0 unspecified atom stereocenters. The largest absolute Gasteiger partial charge is 0.480 e. The van der Waals surface area contributed by atoms with Crippen LogP contribution in [-0.4, -0.2) is 46.9 Å². The molecule has 1 aromatic carbocycles. The van der Waals surface area contributed by atoms with E-state index in [9.17, 15) is 24.0 Å². The highest BCUT2D eigenvalue weighted by Crippen LogP contribution is 2.07. The van der Waals surface area contributed by atoms with Crippen LogP contribution in [0, 0.1) is 5.92 Å². The number of nitrogens with two attached hydrogens (primary N) is 1. The molecular weight excluding hydrogens is 382 g/mol. The van der Waals surface area contributed by atoms with E-state index in [0.717, 1.165) is 5.56 Å². The number of benzene rings is 1. The van der Waals surface area contributed by atoms with Gasteiger partial charge in [-0.05, 0) is 12.5 Å². The highest BCUT2D eigenvalue weighted by molar-refractivity contribution is 5.93. The Kier molecular flexibility index (Phi) is 9.30. The molecule has 0 fully saturated rings. The summed E-state index contributed by atoms with van der Waals surface area (Å²) in [5.41, 5.74) is 5.74. The zero-order chi connectivity index (χ0) is 22.0. The number of ether oxygens (including phenoxy) is 1. The highest BCUT2D eigenvalue weighted by atomic mass is 16.5. The Morgan fingerprint density at radius 3 is 2.21 bits per heavy atom. The molecule has 0 aliphatic heterocycles. The second-order valence-corrected chi connectivity index (χ2v) is 6.57. The van der Waals surface area contributed by atoms with Crippen LogP contribution in [-0.2, 0) is 30.5 Å². The van der Waals surface area contributed by atoms with Crippen molar-refractivity contribution < 1.29 is 33.8 Å². The molecule has 0 aliphatic carbocycles. The molecule has 3 amide bonds. The first-order valence-electron chi connectivity index (χ1n) is 8.91. The van der Waals surface area contributed by atoms with E-state index in [4.69, 9.17) is 15.6 Å². The molecule has 5 N–H and O–H groups in total. The van der Waals surface area contributed by atoms with Crippen molar-refractivity contribution in [2.24, 2.45) is 11.7 Å². The Hall–Kier alpha value is -3.43. The summed E-state index contributed by atoms with van der Waals surface area (Å²) < 4.78 is 5.03. The summed E-state index contributed by atoms with van der Waals surface area (Å²) in [5.74, 6) is -4.32. The van der Waals surface area contributed by atoms with Gasteiger partial charge in [-0.1, -0.05) is 37.3 Å². The van der Waals surface area contributed by atoms with Crippen molar-refractivity contribution in [1.29, 1.82) is 0 Å². The van der Waals surface area contributed by atoms with Gasteiger partial charge in [0, 0.05) is 12.3 Å². The van der Waals surface area contributed by atoms with Crippen LogP contribution in [0.2, 0.25) is 0 Å². The molecule has 0 saturated carbocycles. The summed E-state index contributed by atoms with van der Waals surface area (Å²) in [6.07, 6.45) is -1.58. The van der Waals surface area contributed by atoms with Crippen molar-refractivity contribution in [1.82, 2.24) is 10.6 Å². The number of carboxylic acid groups (broad SMARTS) is 1. The van der Waals surface area contributed by atoms with E-state index in [-0.39, 0.29) is 13.0 Å². The lowest BCUT2D eigenvalue weighted by Gasteiger charge is -2.18. The van der Waals surface area contributed by atoms with Crippen LogP contribution in [0.1, 0.15) is 32.3 Å². The molecule has 158 valence electrons. The summed E-state index contributed by atoms with van der Waals surface area (Å²) in [4.78, 5) is 58.1. The van der Waals surface area contributed by atoms with Crippen molar-refractivity contribution in [3.63, 3.8) is 0 Å². The van der Waals surface area contributed by atoms with Crippen LogP contribution in [0.5, 0.6) is 0 Å². The number of alkyl carbamates (subject to hydrolysis) is 1. The molecular formula is C19H25N3O7. The number of carboxylic acids is 1. The Balaban J connectivity index is 2.47. The van der Waals surface area contributed by atoms with Crippen LogP contribution >= 0.6 is 0 Å². The third-order valence-corrected chi connectivity index (χ3v) is 4.00. The topological polar surface area (TPSA) is 165 Å². The van der Waals surface area contributed by atoms with Gasteiger partial charge in [-0.2, -0.15) is 0 Å². The van der Waals surface area contributed by atoms with E-state index in [2.05, 4.69) is 10.6 Å². The van der Waals surface area contributed by atoms with E-state index in [0.29, 0.717) is 0 Å². The summed E-state index contributed by atoms with van der Waals surface area (Å²) in [7, 11) is 0. The van der Waals surface area contributed by atoms with Gasteiger partial charge >= 0.3 is 12.1 Å². The summed E-state index contributed by atoms with van der Waals surface area (Å²) >= 11 is 0. The van der Waals surface area contributed by atoms with E-state index < -0.39 is 54.1 Å². The zero-order valence-corrected chi connectivity index (χ0v) is 16.2. The molecule has 0 spiro atoms. The monoisotopic (exact) mass is 407 g/mol. The number of carbonyl (C=O) groups excluding carboxylic acids is 4. The van der Waals surface area contributed by atoms with Crippen LogP contribution in [0.3, 0.4) is 0 Å². The molecule has 0 bridgehead atoms. The van der Waals surface area contributed by atoms with Gasteiger partial charge in [0.15, 0.2) is 5.78 Å². The van der Waals surface area contributed by atoms with Crippen molar-refractivity contribution in [3.05, 3.63) is 35.9 Å². The number of rotatable bonds is 11. The van der Waals surface area contributed by atoms with Crippen LogP contribution in [0.4, 0.5) is 4.79 Å². The first-order chi connectivity index (χ1) is 13.6. The summed E-state index contributed by atoms with van der Waals surface area (Å²) in [6, 6.07) is 6.61. The predicted molar refractivity (Wildman–Crippen MR) is 101 cm³/mol. The zero-order valence-electron chi connectivity index (χ0n) is 16.2. The lowest BCUT2D eigenvalue weighted by atomic mass is 9.99. The molecule has 10 heteroatoms. The van der Waals surface area contributed by atoms with E-state index >= 15 is 0 Å². The average Bonchev–Trinajstić information content (AvgIpc) is 2.65. The Morgan fingerprint density at radius 1 is 1.03 bits per heavy atom. The first-order valence-corrected chi connectivity index (χ1v) is 8.91. The minimum atomic E-state index is -1.47. The fourth-order valence-corrected chi connectivity index (χ4v) is 2.31. The molecule has 1 aromatic rings. The van der Waals surface area contributed by atoms with Gasteiger partial charge in [0.05, 0.1) is 12.5 Å². The SMILES string of the molecule is C[C@H](NC(=O)OCc1ccccc1)C(=O)C[C@H](C)C(=O)N[C@@H](CC(N)=O)C(=O)O. The van der Waals surface area contributed by atoms with Crippen LogP contribution in [0.25, 0.3) is 0 Å². The molecule has 0 radical (unpaired) electrons. The number of hydrogen-bond acceptors (Lipinski definition) is 6. The predicted octanol–water partition coefficient (Wildman–Crippen LogP) is 0.341. The minimum absolute atomic E-state index is 0.0445. The van der Waals surface area contributed by atoms with Crippen molar-refractivity contribution in [2.45, 2.75) is 45.4 Å². The lowest BCUT2D eigenvalue weighted by Crippen LogP contribution is -2.46. The first kappa shape index (κ1) is 23.6. The maximum absolute atomic E-state index is 12.2. The number of aliphatic carboxylic acids is 1. The highest BCUT2D eigenvalue weighted by Gasteiger charge is 2.27. The van der Waals surface area contributed by atoms with Gasteiger partial charge < -0.3 is 26.2 Å². The number of ketones is 1. The number of Topliss-reactive ketones (excluding diaryl/α,β-unsaturated/α-hetero) is 1. The molecule has 3 atom stereocenters. The van der Waals surface area contributed by atoms with Gasteiger partial charge in [-0.15, -0.1) is 0 Å². The third kappa shape index (κ3) is 8.87. The molecule has 0 aliphatic rings. The quantitative estimate of drug-likeness (QED) is 0.410. The molecule has 1 rings (SSSR count). The van der Waals surface area contributed by atoms with E-state index in [1.165, 1.54) is 13.8 Å². The standard InChI is InChI=1S/C19H25N3O7/c1-11(17(25)22-14(18(26)27)9-16(20)24)8-15(23)12(2)21-19(28)29-10-13-6-4-3-5-7-13/h3-7,11-12,14H,8-10H2,1-2H3,(H2,20,24)(H,21,28)(H,22,25)(H,26,27)/t11-,12-,14-/m0/s1. The second kappa shape index (κ2) is 11.4. The number of carbonyl (C=O) groups is 5. The van der Waals surface area contributed by atoms with Crippen LogP contribution in [0.15, 0.2) is 30.3 Å². The van der Waals surface area contributed by atoms with Gasteiger partial charge in [-0.25, -0.2) is 9.59 Å². The number of amides is 3. The third-order valence-electron chi connectivity index (χ3n) is 4.00. The smallest absolute Gasteiger partial charge is 0.408 e. The summed E-state index contributed by atoms with van der Waals surface area (Å²) in [6.45, 7) is 2.92. The van der Waals surface area contributed by atoms with Gasteiger partial charge in [0.2, 0.25) is 11.8 Å². The maximum atomic E-state index is 12.2.